The summed E-state index contributed by atoms with van der Waals surface area (Å²) in [5, 5.41) is 11.8. The lowest BCUT2D eigenvalue weighted by molar-refractivity contribution is 0.0942. The fraction of sp³-hybridized carbons (Fsp3) is 0.400. The van der Waals surface area contributed by atoms with E-state index in [-0.39, 0.29) is 23.6 Å². The van der Waals surface area contributed by atoms with Gasteiger partial charge in [-0.3, -0.25) is 4.79 Å². The minimum Gasteiger partial charge on any atom is -0.396 e. The van der Waals surface area contributed by atoms with Gasteiger partial charge in [-0.2, -0.15) is 0 Å². The van der Waals surface area contributed by atoms with Crippen molar-refractivity contribution in [2.75, 3.05) is 13.2 Å². The second kappa shape index (κ2) is 5.68. The predicted molar refractivity (Wildman–Crippen MR) is 57.8 cm³/mol. The second-order valence-electron chi connectivity index (χ2n) is 3.37. The van der Waals surface area contributed by atoms with Crippen molar-refractivity contribution in [1.29, 1.82) is 0 Å². The first kappa shape index (κ1) is 11.9. The van der Waals surface area contributed by atoms with Crippen LogP contribution in [-0.2, 0) is 0 Å². The van der Waals surface area contributed by atoms with Gasteiger partial charge >= 0.3 is 0 Å². The van der Waals surface area contributed by atoms with Gasteiger partial charge in [-0.15, -0.1) is 0 Å². The van der Waals surface area contributed by atoms with E-state index >= 15 is 0 Å². The Kier molecular flexibility index (Phi) is 4.52. The number of rotatable bonds is 4. The van der Waals surface area contributed by atoms with Gasteiger partial charge in [0.05, 0.1) is 0 Å². The summed E-state index contributed by atoms with van der Waals surface area (Å²) in [5.74, 6) is -0.161. The standard InChI is InChI=1S/C10H13ClN2O2/c1-7(6-14)5-13-10(15)8-2-3-12-9(11)4-8/h2-4,7,14H,5-6H2,1H3,(H,13,15). The summed E-state index contributed by atoms with van der Waals surface area (Å²) < 4.78 is 0. The fourth-order valence-corrected chi connectivity index (χ4v) is 1.15. The monoisotopic (exact) mass is 228 g/mol. The van der Waals surface area contributed by atoms with E-state index in [0.717, 1.165) is 0 Å². The third kappa shape index (κ3) is 3.85. The SMILES string of the molecule is CC(CO)CNC(=O)c1ccnc(Cl)c1. The summed E-state index contributed by atoms with van der Waals surface area (Å²) in [6.45, 7) is 2.34. The van der Waals surface area contributed by atoms with Gasteiger partial charge in [0, 0.05) is 24.9 Å². The summed E-state index contributed by atoms with van der Waals surface area (Å²) in [4.78, 5) is 15.3. The lowest BCUT2D eigenvalue weighted by atomic mass is 10.2. The molecule has 1 unspecified atom stereocenters. The average Bonchev–Trinajstić information content (AvgIpc) is 2.25. The van der Waals surface area contributed by atoms with E-state index in [4.69, 9.17) is 16.7 Å². The predicted octanol–water partition coefficient (Wildman–Crippen LogP) is 1.09. The molecular weight excluding hydrogens is 216 g/mol. The molecule has 0 radical (unpaired) electrons. The Hall–Kier alpha value is -1.13. The molecule has 0 saturated heterocycles. The van der Waals surface area contributed by atoms with Crippen molar-refractivity contribution in [1.82, 2.24) is 10.3 Å². The lowest BCUT2D eigenvalue weighted by Gasteiger charge is -2.09. The number of nitrogens with zero attached hydrogens (tertiary/aromatic N) is 1. The topological polar surface area (TPSA) is 62.2 Å². The van der Waals surface area contributed by atoms with E-state index in [2.05, 4.69) is 10.3 Å². The number of hydrogen-bond acceptors (Lipinski definition) is 3. The van der Waals surface area contributed by atoms with E-state index in [1.54, 1.807) is 6.07 Å². The first-order chi connectivity index (χ1) is 7.13. The van der Waals surface area contributed by atoms with Crippen LogP contribution in [0.4, 0.5) is 0 Å². The minimum atomic E-state index is -0.209. The largest absolute Gasteiger partial charge is 0.396 e. The molecule has 1 rings (SSSR count). The van der Waals surface area contributed by atoms with Crippen LogP contribution in [0.3, 0.4) is 0 Å². The highest BCUT2D eigenvalue weighted by Gasteiger charge is 2.07. The van der Waals surface area contributed by atoms with Gasteiger partial charge in [0.2, 0.25) is 0 Å². The van der Waals surface area contributed by atoms with Gasteiger partial charge in [0.15, 0.2) is 0 Å². The van der Waals surface area contributed by atoms with Crippen molar-refractivity contribution in [3.63, 3.8) is 0 Å². The number of carbonyl (C=O) groups is 1. The molecule has 82 valence electrons. The van der Waals surface area contributed by atoms with Crippen molar-refractivity contribution in [2.24, 2.45) is 5.92 Å². The lowest BCUT2D eigenvalue weighted by Crippen LogP contribution is -2.29. The van der Waals surface area contributed by atoms with Gasteiger partial charge in [-0.05, 0) is 18.1 Å². The van der Waals surface area contributed by atoms with Gasteiger partial charge in [0.1, 0.15) is 5.15 Å². The number of carbonyl (C=O) groups excluding carboxylic acids is 1. The fourth-order valence-electron chi connectivity index (χ4n) is 0.977. The zero-order chi connectivity index (χ0) is 11.3. The number of nitrogens with one attached hydrogen (secondary N) is 1. The molecule has 0 aliphatic heterocycles. The van der Waals surface area contributed by atoms with Crippen LogP contribution in [0.5, 0.6) is 0 Å². The zero-order valence-corrected chi connectivity index (χ0v) is 9.16. The van der Waals surface area contributed by atoms with Crippen LogP contribution < -0.4 is 5.32 Å². The van der Waals surface area contributed by atoms with E-state index in [1.165, 1.54) is 12.3 Å². The maximum Gasteiger partial charge on any atom is 0.251 e. The molecule has 0 spiro atoms. The van der Waals surface area contributed by atoms with Crippen molar-refractivity contribution in [2.45, 2.75) is 6.92 Å². The van der Waals surface area contributed by atoms with Crippen LogP contribution in [0.2, 0.25) is 5.15 Å². The molecule has 0 bridgehead atoms. The number of aliphatic hydroxyl groups is 1. The summed E-state index contributed by atoms with van der Waals surface area (Å²) in [6, 6.07) is 3.09. The third-order valence-corrected chi connectivity index (χ3v) is 2.12. The molecule has 1 aromatic heterocycles. The Labute approximate surface area is 93.3 Å². The highest BCUT2D eigenvalue weighted by atomic mass is 35.5. The van der Waals surface area contributed by atoms with Crippen LogP contribution in [0.1, 0.15) is 17.3 Å². The second-order valence-corrected chi connectivity index (χ2v) is 3.75. The van der Waals surface area contributed by atoms with Crippen LogP contribution in [0, 0.1) is 5.92 Å². The van der Waals surface area contributed by atoms with Crippen LogP contribution in [0.25, 0.3) is 0 Å². The van der Waals surface area contributed by atoms with E-state index < -0.39 is 0 Å². The summed E-state index contributed by atoms with van der Waals surface area (Å²) in [7, 11) is 0. The van der Waals surface area contributed by atoms with Crippen molar-refractivity contribution in [3.05, 3.63) is 29.0 Å². The van der Waals surface area contributed by atoms with Crippen LogP contribution in [0.15, 0.2) is 18.3 Å². The molecule has 0 aromatic carbocycles. The molecular formula is C10H13ClN2O2. The number of hydrogen-bond donors (Lipinski definition) is 2. The first-order valence-electron chi connectivity index (χ1n) is 4.64. The van der Waals surface area contributed by atoms with E-state index in [9.17, 15) is 4.79 Å². The average molecular weight is 229 g/mol. The molecule has 1 aromatic rings. The highest BCUT2D eigenvalue weighted by molar-refractivity contribution is 6.29. The van der Waals surface area contributed by atoms with Gasteiger partial charge < -0.3 is 10.4 Å². The highest BCUT2D eigenvalue weighted by Crippen LogP contribution is 2.06. The molecule has 15 heavy (non-hydrogen) atoms. The number of aromatic nitrogens is 1. The molecule has 2 N–H and O–H groups in total. The van der Waals surface area contributed by atoms with Crippen molar-refractivity contribution >= 4 is 17.5 Å². The molecule has 0 aliphatic rings. The Morgan fingerprint density at radius 1 is 1.73 bits per heavy atom. The maximum absolute atomic E-state index is 11.5. The normalized spacial score (nSPS) is 12.2. The van der Waals surface area contributed by atoms with Gasteiger partial charge in [0.25, 0.3) is 5.91 Å². The Morgan fingerprint density at radius 3 is 3.07 bits per heavy atom. The van der Waals surface area contributed by atoms with Gasteiger partial charge in [-0.1, -0.05) is 18.5 Å². The summed E-state index contributed by atoms with van der Waals surface area (Å²) in [5.41, 5.74) is 0.472. The summed E-state index contributed by atoms with van der Waals surface area (Å²) >= 11 is 5.65. The molecule has 1 atom stereocenters. The number of pyridine rings is 1. The summed E-state index contributed by atoms with van der Waals surface area (Å²) in [6.07, 6.45) is 1.48. The van der Waals surface area contributed by atoms with Crippen LogP contribution in [-0.4, -0.2) is 29.1 Å². The molecule has 0 fully saturated rings. The van der Waals surface area contributed by atoms with Gasteiger partial charge in [-0.25, -0.2) is 4.98 Å². The minimum absolute atomic E-state index is 0.0475. The van der Waals surface area contributed by atoms with Crippen molar-refractivity contribution in [3.8, 4) is 0 Å². The zero-order valence-electron chi connectivity index (χ0n) is 8.40. The van der Waals surface area contributed by atoms with Crippen LogP contribution >= 0.6 is 11.6 Å². The number of aliphatic hydroxyl groups excluding tert-OH is 1. The van der Waals surface area contributed by atoms with E-state index in [1.807, 2.05) is 6.92 Å². The first-order valence-corrected chi connectivity index (χ1v) is 5.02. The van der Waals surface area contributed by atoms with E-state index in [0.29, 0.717) is 12.1 Å². The number of amides is 1. The quantitative estimate of drug-likeness (QED) is 0.759. The number of halogens is 1. The smallest absolute Gasteiger partial charge is 0.251 e. The molecule has 1 heterocycles. The molecule has 1 amide bonds. The van der Waals surface area contributed by atoms with Crippen molar-refractivity contribution < 1.29 is 9.90 Å². The Balaban J connectivity index is 2.54. The Morgan fingerprint density at radius 2 is 2.47 bits per heavy atom. The molecule has 0 aliphatic carbocycles. The maximum atomic E-state index is 11.5. The molecule has 4 nitrogen and oxygen atoms in total. The molecule has 0 saturated carbocycles. The molecule has 5 heteroatoms. The Bertz CT molecular complexity index is 344. The third-order valence-electron chi connectivity index (χ3n) is 1.91.